The predicted molar refractivity (Wildman–Crippen MR) is 91.9 cm³/mol. The summed E-state index contributed by atoms with van der Waals surface area (Å²) >= 11 is 0. The second-order valence-corrected chi connectivity index (χ2v) is 6.48. The predicted octanol–water partition coefficient (Wildman–Crippen LogP) is 0.459. The Balaban J connectivity index is 1.38. The number of hydrogen-bond donors (Lipinski definition) is 2. The van der Waals surface area contributed by atoms with Crippen LogP contribution in [0.3, 0.4) is 0 Å². The zero-order chi connectivity index (χ0) is 17.2. The van der Waals surface area contributed by atoms with Gasteiger partial charge in [-0.1, -0.05) is 0 Å². The van der Waals surface area contributed by atoms with E-state index in [0.29, 0.717) is 19.7 Å². The summed E-state index contributed by atoms with van der Waals surface area (Å²) in [4.78, 5) is 21.1. The number of H-pyrrole nitrogens is 1. The molecule has 0 radical (unpaired) electrons. The number of amides is 1. The molecule has 0 spiro atoms. The molecule has 1 unspecified atom stereocenters. The van der Waals surface area contributed by atoms with E-state index in [1.54, 1.807) is 12.4 Å². The molecule has 4 rings (SSSR count). The highest BCUT2D eigenvalue weighted by Crippen LogP contribution is 2.24. The lowest BCUT2D eigenvalue weighted by Gasteiger charge is -2.38. The van der Waals surface area contributed by atoms with Crippen LogP contribution in [0.25, 0.3) is 10.9 Å². The zero-order valence-corrected chi connectivity index (χ0v) is 14.0. The second-order valence-electron chi connectivity index (χ2n) is 6.48. The molecule has 4 heterocycles. The summed E-state index contributed by atoms with van der Waals surface area (Å²) < 4.78 is 5.93. The van der Waals surface area contributed by atoms with Gasteiger partial charge in [-0.3, -0.25) is 15.0 Å². The Morgan fingerprint density at radius 2 is 2.16 bits per heavy atom. The number of nitrogens with one attached hydrogen (secondary N) is 1. The number of aromatic nitrogens is 3. The fourth-order valence-corrected chi connectivity index (χ4v) is 3.52. The Morgan fingerprint density at radius 1 is 1.32 bits per heavy atom. The number of rotatable bonds is 3. The van der Waals surface area contributed by atoms with Gasteiger partial charge in [0.15, 0.2) is 5.82 Å². The molecular weight excluding hydrogens is 324 g/mol. The number of nitrogens with zero attached hydrogens (tertiary/aromatic N) is 5. The zero-order valence-electron chi connectivity index (χ0n) is 14.0. The number of morpholine rings is 1. The van der Waals surface area contributed by atoms with Gasteiger partial charge in [0.05, 0.1) is 24.4 Å². The molecule has 0 aliphatic carbocycles. The first-order valence-corrected chi connectivity index (χ1v) is 8.55. The van der Waals surface area contributed by atoms with Gasteiger partial charge in [0.25, 0.3) is 0 Å². The van der Waals surface area contributed by atoms with Crippen molar-refractivity contribution in [3.05, 3.63) is 18.5 Å². The molecule has 9 nitrogen and oxygen atoms in total. The van der Waals surface area contributed by atoms with Gasteiger partial charge in [0, 0.05) is 57.4 Å². The first-order chi connectivity index (χ1) is 12.2. The molecule has 2 aromatic heterocycles. The van der Waals surface area contributed by atoms with E-state index < -0.39 is 6.09 Å². The normalized spacial score (nSPS) is 22.5. The monoisotopic (exact) mass is 346 g/mol. The van der Waals surface area contributed by atoms with Crippen LogP contribution in [-0.2, 0) is 4.74 Å². The summed E-state index contributed by atoms with van der Waals surface area (Å²) in [5, 5.41) is 17.6. The minimum absolute atomic E-state index is 0.0960. The molecule has 1 atom stereocenters. The van der Waals surface area contributed by atoms with Crippen LogP contribution in [0, 0.1) is 0 Å². The Hall–Kier alpha value is -2.39. The van der Waals surface area contributed by atoms with Crippen molar-refractivity contribution in [1.82, 2.24) is 25.0 Å². The molecule has 0 saturated carbocycles. The molecule has 25 heavy (non-hydrogen) atoms. The number of carbonyl (C=O) groups is 1. The van der Waals surface area contributed by atoms with E-state index in [1.165, 1.54) is 4.90 Å². The lowest BCUT2D eigenvalue weighted by molar-refractivity contribution is 0.00590. The number of anilines is 1. The molecule has 2 aromatic rings. The largest absolute Gasteiger partial charge is 0.465 e. The van der Waals surface area contributed by atoms with Crippen LogP contribution < -0.4 is 4.90 Å². The molecule has 2 N–H and O–H groups in total. The van der Waals surface area contributed by atoms with Gasteiger partial charge < -0.3 is 19.6 Å². The van der Waals surface area contributed by atoms with Crippen molar-refractivity contribution >= 4 is 22.8 Å². The molecule has 0 aromatic carbocycles. The van der Waals surface area contributed by atoms with E-state index in [2.05, 4.69) is 25.0 Å². The van der Waals surface area contributed by atoms with Gasteiger partial charge in [-0.25, -0.2) is 4.79 Å². The van der Waals surface area contributed by atoms with E-state index in [-0.39, 0.29) is 6.10 Å². The van der Waals surface area contributed by atoms with Gasteiger partial charge in [0.2, 0.25) is 0 Å². The van der Waals surface area contributed by atoms with E-state index in [0.717, 1.165) is 49.4 Å². The summed E-state index contributed by atoms with van der Waals surface area (Å²) in [6, 6.07) is 1.98. The van der Waals surface area contributed by atoms with Gasteiger partial charge in [0.1, 0.15) is 0 Å². The van der Waals surface area contributed by atoms with Crippen molar-refractivity contribution in [2.45, 2.75) is 6.10 Å². The van der Waals surface area contributed by atoms with Crippen LogP contribution >= 0.6 is 0 Å². The fourth-order valence-electron chi connectivity index (χ4n) is 3.52. The van der Waals surface area contributed by atoms with Gasteiger partial charge in [-0.05, 0) is 6.07 Å². The highest BCUT2D eigenvalue weighted by Gasteiger charge is 2.27. The van der Waals surface area contributed by atoms with Gasteiger partial charge in [-0.2, -0.15) is 5.10 Å². The van der Waals surface area contributed by atoms with Crippen LogP contribution in [0.15, 0.2) is 18.5 Å². The van der Waals surface area contributed by atoms with E-state index in [1.807, 2.05) is 6.07 Å². The lowest BCUT2D eigenvalue weighted by Crippen LogP contribution is -2.53. The lowest BCUT2D eigenvalue weighted by atomic mass is 10.2. The van der Waals surface area contributed by atoms with Crippen LogP contribution in [0.2, 0.25) is 0 Å². The van der Waals surface area contributed by atoms with Crippen molar-refractivity contribution in [1.29, 1.82) is 0 Å². The quantitative estimate of drug-likeness (QED) is 0.833. The number of carboxylic acid groups (broad SMARTS) is 1. The Labute approximate surface area is 145 Å². The molecule has 1 amide bonds. The molecule has 2 aliphatic rings. The Morgan fingerprint density at radius 3 is 2.96 bits per heavy atom. The first kappa shape index (κ1) is 16.1. The standard InChI is InChI=1S/C16H22N6O3/c23-16(24)21-5-3-20(4-6-21)10-12-11-22(7-8-25-12)15-13-1-2-17-9-14(13)18-19-15/h1-2,9,12H,3-8,10-11H2,(H,18,19)(H,23,24). The highest BCUT2D eigenvalue weighted by molar-refractivity contribution is 5.89. The van der Waals surface area contributed by atoms with Crippen molar-refractivity contribution < 1.29 is 14.6 Å². The van der Waals surface area contributed by atoms with Crippen molar-refractivity contribution in [3.8, 4) is 0 Å². The summed E-state index contributed by atoms with van der Waals surface area (Å²) in [5.41, 5.74) is 0.935. The second kappa shape index (κ2) is 6.85. The number of piperazine rings is 1. The molecular formula is C16H22N6O3. The first-order valence-electron chi connectivity index (χ1n) is 8.55. The van der Waals surface area contributed by atoms with E-state index >= 15 is 0 Å². The molecule has 2 fully saturated rings. The van der Waals surface area contributed by atoms with Crippen LogP contribution in [-0.4, -0.2) is 94.7 Å². The summed E-state index contributed by atoms with van der Waals surface area (Å²) in [5.74, 6) is 0.946. The van der Waals surface area contributed by atoms with Crippen molar-refractivity contribution in [3.63, 3.8) is 0 Å². The van der Waals surface area contributed by atoms with E-state index in [4.69, 9.17) is 9.84 Å². The average Bonchev–Trinajstić information content (AvgIpc) is 3.06. The Kier molecular flexibility index (Phi) is 4.41. The summed E-state index contributed by atoms with van der Waals surface area (Å²) in [7, 11) is 0. The Bertz CT molecular complexity index is 742. The summed E-state index contributed by atoms with van der Waals surface area (Å²) in [6.07, 6.45) is 2.82. The highest BCUT2D eigenvalue weighted by atomic mass is 16.5. The molecule has 0 bridgehead atoms. The maximum absolute atomic E-state index is 11.0. The van der Waals surface area contributed by atoms with Crippen LogP contribution in [0.5, 0.6) is 0 Å². The van der Waals surface area contributed by atoms with Crippen molar-refractivity contribution in [2.75, 3.05) is 57.3 Å². The fraction of sp³-hybridized carbons (Fsp3) is 0.562. The smallest absolute Gasteiger partial charge is 0.407 e. The molecule has 9 heteroatoms. The third-order valence-corrected chi connectivity index (χ3v) is 4.89. The third kappa shape index (κ3) is 3.38. The molecule has 2 saturated heterocycles. The van der Waals surface area contributed by atoms with Crippen LogP contribution in [0.4, 0.5) is 10.6 Å². The summed E-state index contributed by atoms with van der Waals surface area (Å²) in [6.45, 7) is 5.69. The topological polar surface area (TPSA) is 97.8 Å². The number of fused-ring (bicyclic) bond motifs is 1. The average molecular weight is 346 g/mol. The number of ether oxygens (including phenoxy) is 1. The van der Waals surface area contributed by atoms with Gasteiger partial charge in [-0.15, -0.1) is 0 Å². The minimum atomic E-state index is -0.834. The third-order valence-electron chi connectivity index (χ3n) is 4.89. The number of aromatic amines is 1. The maximum atomic E-state index is 11.0. The number of hydrogen-bond acceptors (Lipinski definition) is 6. The van der Waals surface area contributed by atoms with Gasteiger partial charge >= 0.3 is 6.09 Å². The van der Waals surface area contributed by atoms with Crippen molar-refractivity contribution in [2.24, 2.45) is 0 Å². The molecule has 2 aliphatic heterocycles. The molecule has 134 valence electrons. The van der Waals surface area contributed by atoms with Crippen LogP contribution in [0.1, 0.15) is 0 Å². The van der Waals surface area contributed by atoms with E-state index in [9.17, 15) is 4.79 Å². The minimum Gasteiger partial charge on any atom is -0.465 e. The maximum Gasteiger partial charge on any atom is 0.407 e. The number of pyridine rings is 1. The SMILES string of the molecule is O=C(O)N1CCN(CC2CN(c3n[nH]c4cnccc34)CCO2)CC1.